The van der Waals surface area contributed by atoms with Crippen LogP contribution < -0.4 is 21.1 Å². The number of carbonyl (C=O) groups is 2. The zero-order valence-electron chi connectivity index (χ0n) is 12.4. The van der Waals surface area contributed by atoms with Gasteiger partial charge >= 0.3 is 0 Å². The van der Waals surface area contributed by atoms with Crippen molar-refractivity contribution in [3.8, 4) is 5.75 Å². The summed E-state index contributed by atoms with van der Waals surface area (Å²) in [6.45, 7) is 1.68. The summed E-state index contributed by atoms with van der Waals surface area (Å²) in [6.07, 6.45) is 2.07. The predicted octanol–water partition coefficient (Wildman–Crippen LogP) is 1.85. The number of amides is 2. The number of nitrogens with one attached hydrogen (secondary N) is 2. The molecule has 0 fully saturated rings. The Balaban J connectivity index is 0.00000242. The van der Waals surface area contributed by atoms with Gasteiger partial charge in [0.1, 0.15) is 5.75 Å². The molecule has 122 valence electrons. The quantitative estimate of drug-likeness (QED) is 0.757. The Morgan fingerprint density at radius 2 is 2.27 bits per heavy atom. The van der Waals surface area contributed by atoms with Crippen LogP contribution >= 0.6 is 24.2 Å². The van der Waals surface area contributed by atoms with Gasteiger partial charge in [-0.05, 0) is 43.6 Å². The molecule has 1 heterocycles. The number of anilines is 2. The molecule has 22 heavy (non-hydrogen) atoms. The largest absolute Gasteiger partial charge is 0.479 e. The summed E-state index contributed by atoms with van der Waals surface area (Å²) >= 11 is 1.65. The molecule has 0 aromatic heterocycles. The standard InChI is InChI=1S/C14H19N3O3S.ClH/c1-8-13(18)17-11-7-9(3-4-12(11)20-8)16-14(19)10(15)5-6-21-2;/h3-4,7-8,10H,5-6,15H2,1-2H3,(H,16,19)(H,17,18);1H/t8?,10-;/m0./s1. The molecule has 1 unspecified atom stereocenters. The maximum atomic E-state index is 11.9. The second-order valence-corrected chi connectivity index (χ2v) is 5.82. The molecule has 0 saturated carbocycles. The number of ether oxygens (including phenoxy) is 1. The van der Waals surface area contributed by atoms with Crippen LogP contribution in [0.25, 0.3) is 0 Å². The van der Waals surface area contributed by atoms with Crippen molar-refractivity contribution in [3.63, 3.8) is 0 Å². The van der Waals surface area contributed by atoms with Crippen molar-refractivity contribution in [1.29, 1.82) is 0 Å². The van der Waals surface area contributed by atoms with Crippen molar-refractivity contribution in [1.82, 2.24) is 0 Å². The van der Waals surface area contributed by atoms with E-state index in [4.69, 9.17) is 10.5 Å². The summed E-state index contributed by atoms with van der Waals surface area (Å²) in [5, 5.41) is 5.48. The highest BCUT2D eigenvalue weighted by molar-refractivity contribution is 7.98. The van der Waals surface area contributed by atoms with Gasteiger partial charge < -0.3 is 21.1 Å². The van der Waals surface area contributed by atoms with Gasteiger partial charge in [-0.25, -0.2) is 0 Å². The summed E-state index contributed by atoms with van der Waals surface area (Å²) in [4.78, 5) is 23.5. The minimum atomic E-state index is -0.542. The van der Waals surface area contributed by atoms with Crippen LogP contribution in [0.3, 0.4) is 0 Å². The fourth-order valence-corrected chi connectivity index (χ4v) is 2.39. The summed E-state index contributed by atoms with van der Waals surface area (Å²) in [5.74, 6) is 0.982. The van der Waals surface area contributed by atoms with E-state index in [2.05, 4.69) is 10.6 Å². The molecular weight excluding hydrogens is 326 g/mol. The van der Waals surface area contributed by atoms with E-state index in [0.29, 0.717) is 23.5 Å². The van der Waals surface area contributed by atoms with Crippen LogP contribution in [-0.4, -0.2) is 36.0 Å². The first-order chi connectivity index (χ1) is 10.0. The number of halogens is 1. The van der Waals surface area contributed by atoms with Gasteiger partial charge in [-0.1, -0.05) is 0 Å². The Labute approximate surface area is 139 Å². The molecule has 0 saturated heterocycles. The molecule has 8 heteroatoms. The lowest BCUT2D eigenvalue weighted by atomic mass is 10.2. The molecule has 1 aliphatic rings. The molecule has 4 N–H and O–H groups in total. The third-order valence-electron chi connectivity index (χ3n) is 3.15. The molecule has 0 aliphatic carbocycles. The van der Waals surface area contributed by atoms with E-state index in [9.17, 15) is 9.59 Å². The van der Waals surface area contributed by atoms with E-state index >= 15 is 0 Å². The summed E-state index contributed by atoms with van der Waals surface area (Å²) in [7, 11) is 0. The van der Waals surface area contributed by atoms with Gasteiger partial charge in [0, 0.05) is 5.69 Å². The molecule has 0 spiro atoms. The van der Waals surface area contributed by atoms with Crippen LogP contribution in [0.15, 0.2) is 18.2 Å². The van der Waals surface area contributed by atoms with Crippen molar-refractivity contribution in [2.75, 3.05) is 22.6 Å². The number of hydrogen-bond acceptors (Lipinski definition) is 5. The molecule has 1 aliphatic heterocycles. The predicted molar refractivity (Wildman–Crippen MR) is 92.0 cm³/mol. The average Bonchev–Trinajstić information content (AvgIpc) is 2.46. The Morgan fingerprint density at radius 3 is 2.95 bits per heavy atom. The van der Waals surface area contributed by atoms with Crippen LogP contribution in [-0.2, 0) is 9.59 Å². The van der Waals surface area contributed by atoms with Gasteiger partial charge in [0.15, 0.2) is 6.10 Å². The van der Waals surface area contributed by atoms with E-state index in [1.165, 1.54) is 0 Å². The van der Waals surface area contributed by atoms with Gasteiger partial charge in [-0.3, -0.25) is 9.59 Å². The van der Waals surface area contributed by atoms with Crippen molar-refractivity contribution in [2.45, 2.75) is 25.5 Å². The highest BCUT2D eigenvalue weighted by atomic mass is 35.5. The minimum absolute atomic E-state index is 0. The smallest absolute Gasteiger partial charge is 0.265 e. The number of rotatable bonds is 5. The van der Waals surface area contributed by atoms with Gasteiger partial charge in [-0.15, -0.1) is 12.4 Å². The highest BCUT2D eigenvalue weighted by Gasteiger charge is 2.24. The van der Waals surface area contributed by atoms with Gasteiger partial charge in [0.25, 0.3) is 5.91 Å². The lowest BCUT2D eigenvalue weighted by Gasteiger charge is -2.23. The van der Waals surface area contributed by atoms with Crippen molar-refractivity contribution >= 4 is 47.4 Å². The molecule has 2 rings (SSSR count). The SMILES string of the molecule is CSCC[C@H](N)C(=O)Nc1ccc2c(c1)NC(=O)C(C)O2.Cl. The molecular formula is C14H20ClN3O3S. The van der Waals surface area contributed by atoms with Crippen molar-refractivity contribution < 1.29 is 14.3 Å². The first kappa shape index (κ1) is 18.6. The second-order valence-electron chi connectivity index (χ2n) is 4.84. The molecule has 6 nitrogen and oxygen atoms in total. The molecule has 2 amide bonds. The topological polar surface area (TPSA) is 93.5 Å². The first-order valence-electron chi connectivity index (χ1n) is 6.68. The summed E-state index contributed by atoms with van der Waals surface area (Å²) in [5.41, 5.74) is 6.94. The maximum Gasteiger partial charge on any atom is 0.265 e. The van der Waals surface area contributed by atoms with Gasteiger partial charge in [0.2, 0.25) is 5.91 Å². The Hall–Kier alpha value is -1.44. The molecule has 2 atom stereocenters. The molecule has 0 bridgehead atoms. The number of carbonyl (C=O) groups excluding carboxylic acids is 2. The van der Waals surface area contributed by atoms with Crippen LogP contribution in [0.1, 0.15) is 13.3 Å². The van der Waals surface area contributed by atoms with Crippen LogP contribution in [0.5, 0.6) is 5.75 Å². The third-order valence-corrected chi connectivity index (χ3v) is 3.79. The zero-order valence-corrected chi connectivity index (χ0v) is 14.1. The van der Waals surface area contributed by atoms with Crippen molar-refractivity contribution in [2.24, 2.45) is 5.73 Å². The minimum Gasteiger partial charge on any atom is -0.479 e. The number of benzene rings is 1. The van der Waals surface area contributed by atoms with E-state index < -0.39 is 12.1 Å². The van der Waals surface area contributed by atoms with E-state index in [-0.39, 0.29) is 24.2 Å². The highest BCUT2D eigenvalue weighted by Crippen LogP contribution is 2.32. The fraction of sp³-hybridized carbons (Fsp3) is 0.429. The van der Waals surface area contributed by atoms with E-state index in [1.807, 2.05) is 6.26 Å². The van der Waals surface area contributed by atoms with Gasteiger partial charge in [-0.2, -0.15) is 11.8 Å². The van der Waals surface area contributed by atoms with Crippen LogP contribution in [0, 0.1) is 0 Å². The lowest BCUT2D eigenvalue weighted by molar-refractivity contribution is -0.122. The second kappa shape index (κ2) is 8.26. The number of nitrogens with two attached hydrogens (primary N) is 1. The maximum absolute atomic E-state index is 11.9. The monoisotopic (exact) mass is 345 g/mol. The van der Waals surface area contributed by atoms with Crippen LogP contribution in [0.2, 0.25) is 0 Å². The molecule has 0 radical (unpaired) electrons. The third kappa shape index (κ3) is 4.53. The first-order valence-corrected chi connectivity index (χ1v) is 8.07. The van der Waals surface area contributed by atoms with E-state index in [0.717, 1.165) is 5.75 Å². The Kier molecular flexibility index (Phi) is 6.99. The molecule has 1 aromatic carbocycles. The molecule has 1 aromatic rings. The number of hydrogen-bond donors (Lipinski definition) is 3. The van der Waals surface area contributed by atoms with E-state index in [1.54, 1.807) is 36.9 Å². The van der Waals surface area contributed by atoms with Crippen molar-refractivity contribution in [3.05, 3.63) is 18.2 Å². The summed E-state index contributed by atoms with van der Waals surface area (Å²) < 4.78 is 5.45. The average molecular weight is 346 g/mol. The fourth-order valence-electron chi connectivity index (χ4n) is 1.90. The Bertz CT molecular complexity index is 556. The Morgan fingerprint density at radius 1 is 1.55 bits per heavy atom. The number of thioether (sulfide) groups is 1. The zero-order chi connectivity index (χ0) is 15.4. The normalized spacial score (nSPS) is 17.4. The summed E-state index contributed by atoms with van der Waals surface area (Å²) in [6, 6.07) is 4.56. The van der Waals surface area contributed by atoms with Gasteiger partial charge in [0.05, 0.1) is 11.7 Å². The lowest BCUT2D eigenvalue weighted by Crippen LogP contribution is -2.36. The number of fused-ring (bicyclic) bond motifs is 1. The van der Waals surface area contributed by atoms with Crippen LogP contribution in [0.4, 0.5) is 11.4 Å².